The van der Waals surface area contributed by atoms with Crippen LogP contribution < -0.4 is 0 Å². The van der Waals surface area contributed by atoms with Gasteiger partial charge in [-0.1, -0.05) is 77.8 Å². The molecule has 4 nitrogen and oxygen atoms in total. The van der Waals surface area contributed by atoms with Gasteiger partial charge in [0.2, 0.25) is 0 Å². The van der Waals surface area contributed by atoms with Gasteiger partial charge in [0.25, 0.3) is 0 Å². The van der Waals surface area contributed by atoms with Crippen molar-refractivity contribution in [3.63, 3.8) is 0 Å². The molecule has 19 heavy (non-hydrogen) atoms. The summed E-state index contributed by atoms with van der Waals surface area (Å²) in [4.78, 5) is 0. The monoisotopic (exact) mass is 330 g/mol. The Kier molecular flexibility index (Phi) is 20.9. The minimum absolute atomic E-state index is 0.171. The summed E-state index contributed by atoms with van der Waals surface area (Å²) in [5.41, 5.74) is 0. The van der Waals surface area contributed by atoms with Crippen LogP contribution in [-0.2, 0) is 10.4 Å². The predicted octanol–water partition coefficient (Wildman–Crippen LogP) is 3.89. The van der Waals surface area contributed by atoms with Crippen LogP contribution in [0.3, 0.4) is 0 Å². The summed E-state index contributed by atoms with van der Waals surface area (Å²) >= 11 is 0. The van der Waals surface area contributed by atoms with E-state index in [1.54, 1.807) is 0 Å². The van der Waals surface area contributed by atoms with Crippen molar-refractivity contribution in [2.24, 2.45) is 0 Å². The molecule has 0 amide bonds. The first-order valence-electron chi connectivity index (χ1n) is 7.39. The molecule has 0 aromatic carbocycles. The maximum Gasteiger partial charge on any atom is 0.394 e. The molecule has 0 rings (SSSR count). The van der Waals surface area contributed by atoms with Crippen LogP contribution in [0.1, 0.15) is 41.5 Å². The fourth-order valence-electron chi connectivity index (χ4n) is 1.73. The van der Waals surface area contributed by atoms with Gasteiger partial charge in [-0.3, -0.25) is 9.11 Å². The largest absolute Gasteiger partial charge is 0.394 e. The number of hydrogen-bond donors (Lipinski definition) is 2. The molecule has 0 heterocycles. The molecule has 0 aliphatic heterocycles. The van der Waals surface area contributed by atoms with Gasteiger partial charge in [0.1, 0.15) is 0 Å². The van der Waals surface area contributed by atoms with Gasteiger partial charge >= 0.3 is 10.4 Å². The molecule has 0 aliphatic rings. The Bertz CT molecular complexity index is 219. The maximum absolute atomic E-state index is 8.74. The molecule has 0 aromatic heterocycles. The molecule has 0 aliphatic carbocycles. The van der Waals surface area contributed by atoms with E-state index in [4.69, 9.17) is 17.5 Å². The van der Waals surface area contributed by atoms with Gasteiger partial charge in [0.15, 0.2) is 0 Å². The van der Waals surface area contributed by atoms with E-state index in [2.05, 4.69) is 41.5 Å². The zero-order chi connectivity index (χ0) is 15.9. The van der Waals surface area contributed by atoms with Crippen LogP contribution in [0.2, 0.25) is 36.3 Å². The van der Waals surface area contributed by atoms with Crippen molar-refractivity contribution in [3.05, 3.63) is 0 Å². The van der Waals surface area contributed by atoms with Crippen molar-refractivity contribution in [2.45, 2.75) is 77.8 Å². The Morgan fingerprint density at radius 1 is 0.632 bits per heavy atom. The Labute approximate surface area is 123 Å². The summed E-state index contributed by atoms with van der Waals surface area (Å²) in [6.45, 7) is 13.9. The average molecular weight is 331 g/mol. The maximum atomic E-state index is 8.74. The summed E-state index contributed by atoms with van der Waals surface area (Å²) in [5, 5.41) is 0. The van der Waals surface area contributed by atoms with E-state index < -0.39 is 10.4 Å². The van der Waals surface area contributed by atoms with Crippen molar-refractivity contribution >= 4 is 28.0 Å². The predicted molar refractivity (Wildman–Crippen MR) is 91.4 cm³/mol. The Morgan fingerprint density at radius 3 is 0.737 bits per heavy atom. The second-order valence-corrected chi connectivity index (χ2v) is 13.9. The molecule has 120 valence electrons. The Balaban J connectivity index is -0.000000206. The summed E-state index contributed by atoms with van der Waals surface area (Å²) in [7, 11) is -5.01. The van der Waals surface area contributed by atoms with Crippen LogP contribution in [0.25, 0.3) is 0 Å². The molecule has 0 aromatic rings. The Morgan fingerprint density at radius 2 is 0.737 bits per heavy atom. The summed E-state index contributed by atoms with van der Waals surface area (Å²) in [6.07, 6.45) is 0. The lowest BCUT2D eigenvalue weighted by atomic mass is 10.9. The lowest BCUT2D eigenvalue weighted by Gasteiger charge is -2.03. The van der Waals surface area contributed by atoms with Gasteiger partial charge in [-0.15, -0.1) is 0 Å². The number of rotatable bonds is 6. The fourth-order valence-corrected chi connectivity index (χ4v) is 5.20. The molecule has 0 saturated carbocycles. The quantitative estimate of drug-likeness (QED) is 0.572. The van der Waals surface area contributed by atoms with Gasteiger partial charge in [-0.25, -0.2) is 0 Å². The molecule has 0 atom stereocenters. The average Bonchev–Trinajstić information content (AvgIpc) is 2.32. The first-order valence-corrected chi connectivity index (χ1v) is 13.7. The lowest BCUT2D eigenvalue weighted by Crippen LogP contribution is -2.04. The molecule has 2 N–H and O–H groups in total. The van der Waals surface area contributed by atoms with E-state index >= 15 is 0 Å². The third kappa shape index (κ3) is 32.1. The minimum Gasteiger partial charge on any atom is -0.264 e. The molecule has 0 bridgehead atoms. The van der Waals surface area contributed by atoms with Crippen molar-refractivity contribution < 1.29 is 17.5 Å². The van der Waals surface area contributed by atoms with Crippen LogP contribution in [-0.4, -0.2) is 35.1 Å². The SMILES string of the molecule is CC[SiH](CC)CC.CC[SiH](CC)CC.O=S(=O)(O)O. The third-order valence-electron chi connectivity index (χ3n) is 3.46. The van der Waals surface area contributed by atoms with Crippen molar-refractivity contribution in [3.8, 4) is 0 Å². The summed E-state index contributed by atoms with van der Waals surface area (Å²) in [6, 6.07) is 8.96. The van der Waals surface area contributed by atoms with E-state index in [0.29, 0.717) is 0 Å². The zero-order valence-corrected chi connectivity index (χ0v) is 16.6. The molecule has 0 unspecified atom stereocenters. The summed E-state index contributed by atoms with van der Waals surface area (Å²) < 4.78 is 31.6. The zero-order valence-electron chi connectivity index (χ0n) is 13.5. The smallest absolute Gasteiger partial charge is 0.264 e. The second-order valence-electron chi connectivity index (χ2n) is 4.63. The molecule has 0 spiro atoms. The van der Waals surface area contributed by atoms with Gasteiger partial charge in [0, 0.05) is 17.6 Å². The molecule has 0 radical (unpaired) electrons. The topological polar surface area (TPSA) is 74.6 Å². The highest BCUT2D eigenvalue weighted by Gasteiger charge is 1.98. The van der Waals surface area contributed by atoms with Gasteiger partial charge in [-0.05, 0) is 0 Å². The van der Waals surface area contributed by atoms with E-state index in [-0.39, 0.29) is 17.6 Å². The van der Waals surface area contributed by atoms with E-state index in [0.717, 1.165) is 0 Å². The molecule has 0 fully saturated rings. The van der Waals surface area contributed by atoms with Crippen LogP contribution in [0.15, 0.2) is 0 Å². The molecular formula is C12H34O4SSi2. The standard InChI is InChI=1S/2C6H16Si.H2O4S/c2*1-4-7(5-2)6-3;1-5(2,3)4/h2*7H,4-6H2,1-3H3;(H2,1,2,3,4). The summed E-state index contributed by atoms with van der Waals surface area (Å²) in [5.74, 6) is 0. The van der Waals surface area contributed by atoms with Crippen molar-refractivity contribution in [2.75, 3.05) is 0 Å². The minimum atomic E-state index is -4.67. The highest BCUT2D eigenvalue weighted by molar-refractivity contribution is 7.79. The van der Waals surface area contributed by atoms with E-state index in [1.807, 2.05) is 0 Å². The van der Waals surface area contributed by atoms with Crippen LogP contribution in [0.4, 0.5) is 0 Å². The first kappa shape index (κ1) is 24.3. The van der Waals surface area contributed by atoms with Gasteiger partial charge in [0.05, 0.1) is 0 Å². The normalized spacial score (nSPS) is 10.6. The van der Waals surface area contributed by atoms with Crippen LogP contribution in [0.5, 0.6) is 0 Å². The first-order chi connectivity index (χ1) is 8.69. The molecule has 0 saturated heterocycles. The van der Waals surface area contributed by atoms with Crippen LogP contribution >= 0.6 is 0 Å². The fraction of sp³-hybridized carbons (Fsp3) is 1.00. The van der Waals surface area contributed by atoms with Crippen molar-refractivity contribution in [1.82, 2.24) is 0 Å². The van der Waals surface area contributed by atoms with Gasteiger partial charge in [-0.2, -0.15) is 8.42 Å². The molecular weight excluding hydrogens is 296 g/mol. The second kappa shape index (κ2) is 16.4. The highest BCUT2D eigenvalue weighted by Crippen LogP contribution is 2.02. The lowest BCUT2D eigenvalue weighted by molar-refractivity contribution is 0.381. The molecule has 7 heteroatoms. The van der Waals surface area contributed by atoms with Gasteiger partial charge < -0.3 is 0 Å². The third-order valence-corrected chi connectivity index (χ3v) is 10.4. The highest BCUT2D eigenvalue weighted by atomic mass is 32.3. The van der Waals surface area contributed by atoms with E-state index in [1.165, 1.54) is 36.3 Å². The Hall–Kier alpha value is 0.304. The van der Waals surface area contributed by atoms with E-state index in [9.17, 15) is 0 Å². The number of hydrogen-bond acceptors (Lipinski definition) is 2. The van der Waals surface area contributed by atoms with Crippen LogP contribution in [0, 0.1) is 0 Å². The van der Waals surface area contributed by atoms with Crippen molar-refractivity contribution in [1.29, 1.82) is 0 Å².